The molecule has 22 heavy (non-hydrogen) atoms. The molecule has 1 aromatic heterocycles. The summed E-state index contributed by atoms with van der Waals surface area (Å²) in [4.78, 5) is 6.48. The zero-order valence-electron chi connectivity index (χ0n) is 14.5. The maximum Gasteiger partial charge on any atom is 0.191 e. The van der Waals surface area contributed by atoms with Gasteiger partial charge in [0.05, 0.1) is 12.2 Å². The van der Waals surface area contributed by atoms with E-state index < -0.39 is 0 Å². The molecule has 0 fully saturated rings. The van der Waals surface area contributed by atoms with Gasteiger partial charge in [0.1, 0.15) is 0 Å². The van der Waals surface area contributed by atoms with Gasteiger partial charge in [0.15, 0.2) is 11.7 Å². The highest BCUT2D eigenvalue weighted by Crippen LogP contribution is 2.13. The first kappa shape index (κ1) is 21.2. The second-order valence-corrected chi connectivity index (χ2v) is 5.80. The summed E-state index contributed by atoms with van der Waals surface area (Å²) >= 11 is 0. The van der Waals surface area contributed by atoms with Crippen LogP contribution >= 0.6 is 24.0 Å². The van der Waals surface area contributed by atoms with Crippen LogP contribution in [0, 0.1) is 0 Å². The molecule has 0 spiro atoms. The molecule has 0 aliphatic heterocycles. The Morgan fingerprint density at radius 1 is 1.32 bits per heavy atom. The van der Waals surface area contributed by atoms with Crippen LogP contribution in [-0.4, -0.2) is 49.2 Å². The number of hydrogen-bond donors (Lipinski definition) is 2. The minimum Gasteiger partial charge on any atom is -0.359 e. The number of aromatic nitrogens is 1. The third-order valence-electron chi connectivity index (χ3n) is 3.46. The lowest BCUT2D eigenvalue weighted by molar-refractivity contribution is 0.278. The fourth-order valence-electron chi connectivity index (χ4n) is 1.68. The van der Waals surface area contributed by atoms with Gasteiger partial charge < -0.3 is 20.1 Å². The molecule has 0 amide bonds. The molecule has 0 radical (unpaired) electrons. The number of guanidine groups is 1. The number of aliphatic imine (C=N–C) groups is 1. The van der Waals surface area contributed by atoms with Crippen LogP contribution < -0.4 is 10.6 Å². The lowest BCUT2D eigenvalue weighted by Gasteiger charge is -2.21. The molecule has 1 aromatic rings. The summed E-state index contributed by atoms with van der Waals surface area (Å²) in [7, 11) is 3.88. The minimum absolute atomic E-state index is 0. The largest absolute Gasteiger partial charge is 0.359 e. The number of rotatable bonds is 7. The number of nitrogens with zero attached hydrogens (tertiary/aromatic N) is 3. The molecule has 0 aliphatic rings. The van der Waals surface area contributed by atoms with E-state index in [1.807, 2.05) is 6.07 Å². The number of nitrogens with one attached hydrogen (secondary N) is 2. The molecule has 0 saturated heterocycles. The SMILES string of the molecule is CN=C(NCCN(C)C(C)C)NCc1cc(C(C)C)no1.I. The Morgan fingerprint density at radius 3 is 2.50 bits per heavy atom. The predicted molar refractivity (Wildman–Crippen MR) is 102 cm³/mol. The monoisotopic (exact) mass is 423 g/mol. The lowest BCUT2D eigenvalue weighted by Crippen LogP contribution is -2.41. The Balaban J connectivity index is 0.00000441. The molecular formula is C15H30IN5O. The van der Waals surface area contributed by atoms with Crippen molar-refractivity contribution in [1.82, 2.24) is 20.7 Å². The number of halogens is 1. The molecule has 0 aromatic carbocycles. The van der Waals surface area contributed by atoms with E-state index in [4.69, 9.17) is 4.52 Å². The summed E-state index contributed by atoms with van der Waals surface area (Å²) in [6.07, 6.45) is 0. The van der Waals surface area contributed by atoms with Crippen molar-refractivity contribution in [2.24, 2.45) is 4.99 Å². The Labute approximate surface area is 151 Å². The summed E-state index contributed by atoms with van der Waals surface area (Å²) in [6.45, 7) is 11.0. The average molecular weight is 423 g/mol. The van der Waals surface area contributed by atoms with E-state index in [-0.39, 0.29) is 24.0 Å². The fraction of sp³-hybridized carbons (Fsp3) is 0.733. The van der Waals surface area contributed by atoms with E-state index in [9.17, 15) is 0 Å². The van der Waals surface area contributed by atoms with Gasteiger partial charge in [0.25, 0.3) is 0 Å². The molecule has 0 saturated carbocycles. The normalized spacial score (nSPS) is 12.0. The van der Waals surface area contributed by atoms with Crippen LogP contribution in [-0.2, 0) is 6.54 Å². The van der Waals surface area contributed by atoms with Gasteiger partial charge in [0, 0.05) is 32.2 Å². The molecule has 128 valence electrons. The second kappa shape index (κ2) is 10.8. The van der Waals surface area contributed by atoms with Gasteiger partial charge in [-0.25, -0.2) is 0 Å². The van der Waals surface area contributed by atoms with Crippen LogP contribution in [0.25, 0.3) is 0 Å². The summed E-state index contributed by atoms with van der Waals surface area (Å²) in [5.74, 6) is 1.97. The van der Waals surface area contributed by atoms with Crippen molar-refractivity contribution in [3.8, 4) is 0 Å². The third-order valence-corrected chi connectivity index (χ3v) is 3.46. The first-order valence-corrected chi connectivity index (χ1v) is 7.54. The van der Waals surface area contributed by atoms with E-state index >= 15 is 0 Å². The zero-order valence-corrected chi connectivity index (χ0v) is 16.8. The van der Waals surface area contributed by atoms with Crippen LogP contribution in [0.2, 0.25) is 0 Å². The molecule has 7 heteroatoms. The van der Waals surface area contributed by atoms with Crippen molar-refractivity contribution in [2.75, 3.05) is 27.2 Å². The maximum absolute atomic E-state index is 5.29. The summed E-state index contributed by atoms with van der Waals surface area (Å²) in [6, 6.07) is 2.53. The third kappa shape index (κ3) is 7.44. The van der Waals surface area contributed by atoms with Gasteiger partial charge in [-0.05, 0) is 26.8 Å². The summed E-state index contributed by atoms with van der Waals surface area (Å²) in [5.41, 5.74) is 0.980. The van der Waals surface area contributed by atoms with Gasteiger partial charge >= 0.3 is 0 Å². The van der Waals surface area contributed by atoms with E-state index in [1.54, 1.807) is 7.05 Å². The lowest BCUT2D eigenvalue weighted by atomic mass is 10.1. The Kier molecular flexibility index (Phi) is 10.4. The first-order valence-electron chi connectivity index (χ1n) is 7.54. The molecule has 0 atom stereocenters. The summed E-state index contributed by atoms with van der Waals surface area (Å²) in [5, 5.41) is 10.6. The molecule has 2 N–H and O–H groups in total. The Bertz CT molecular complexity index is 445. The number of hydrogen-bond acceptors (Lipinski definition) is 4. The molecule has 0 unspecified atom stereocenters. The molecule has 1 heterocycles. The first-order chi connectivity index (χ1) is 9.93. The maximum atomic E-state index is 5.29. The van der Waals surface area contributed by atoms with Crippen molar-refractivity contribution in [3.05, 3.63) is 17.5 Å². The highest BCUT2D eigenvalue weighted by Gasteiger charge is 2.08. The van der Waals surface area contributed by atoms with E-state index in [0.717, 1.165) is 30.5 Å². The van der Waals surface area contributed by atoms with Crippen LogP contribution in [0.4, 0.5) is 0 Å². The van der Waals surface area contributed by atoms with E-state index in [2.05, 4.69) is 60.4 Å². The topological polar surface area (TPSA) is 65.7 Å². The molecule has 6 nitrogen and oxygen atoms in total. The van der Waals surface area contributed by atoms with Crippen molar-refractivity contribution >= 4 is 29.9 Å². The molecular weight excluding hydrogens is 393 g/mol. The highest BCUT2D eigenvalue weighted by molar-refractivity contribution is 14.0. The predicted octanol–water partition coefficient (Wildman–Crippen LogP) is 2.42. The van der Waals surface area contributed by atoms with Gasteiger partial charge in [-0.2, -0.15) is 0 Å². The van der Waals surface area contributed by atoms with Crippen LogP contribution in [0.3, 0.4) is 0 Å². The quantitative estimate of drug-likeness (QED) is 0.401. The second-order valence-electron chi connectivity index (χ2n) is 5.80. The Morgan fingerprint density at radius 2 is 2.00 bits per heavy atom. The smallest absolute Gasteiger partial charge is 0.191 e. The zero-order chi connectivity index (χ0) is 15.8. The molecule has 0 bridgehead atoms. The van der Waals surface area contributed by atoms with Gasteiger partial charge in [-0.3, -0.25) is 4.99 Å². The highest BCUT2D eigenvalue weighted by atomic mass is 127. The summed E-state index contributed by atoms with van der Waals surface area (Å²) < 4.78 is 5.29. The number of likely N-dealkylation sites (N-methyl/N-ethyl adjacent to an activating group) is 1. The van der Waals surface area contributed by atoms with E-state index in [1.165, 1.54) is 0 Å². The van der Waals surface area contributed by atoms with Crippen molar-refractivity contribution in [1.29, 1.82) is 0 Å². The van der Waals surface area contributed by atoms with E-state index in [0.29, 0.717) is 18.5 Å². The van der Waals surface area contributed by atoms with Crippen molar-refractivity contribution in [2.45, 2.75) is 46.2 Å². The van der Waals surface area contributed by atoms with Gasteiger partial charge in [0.2, 0.25) is 0 Å². The molecule has 1 rings (SSSR count). The van der Waals surface area contributed by atoms with Crippen LogP contribution in [0.1, 0.15) is 45.1 Å². The van der Waals surface area contributed by atoms with Crippen molar-refractivity contribution in [3.63, 3.8) is 0 Å². The van der Waals surface area contributed by atoms with Crippen LogP contribution in [0.15, 0.2) is 15.6 Å². The minimum atomic E-state index is 0. The van der Waals surface area contributed by atoms with Crippen LogP contribution in [0.5, 0.6) is 0 Å². The molecule has 0 aliphatic carbocycles. The van der Waals surface area contributed by atoms with Gasteiger partial charge in [-0.15, -0.1) is 24.0 Å². The van der Waals surface area contributed by atoms with Gasteiger partial charge in [-0.1, -0.05) is 19.0 Å². The fourth-order valence-corrected chi connectivity index (χ4v) is 1.68. The van der Waals surface area contributed by atoms with Crippen molar-refractivity contribution < 1.29 is 4.52 Å². The Hall–Kier alpha value is -0.830. The average Bonchev–Trinajstić information content (AvgIpc) is 2.91. The standard InChI is InChI=1S/C15H29N5O.HI/c1-11(2)14-9-13(21-19-14)10-18-15(16-5)17-7-8-20(6)12(3)4;/h9,11-12H,7-8,10H2,1-6H3,(H2,16,17,18);1H.